The monoisotopic (exact) mass is 499 g/mol. The predicted molar refractivity (Wildman–Crippen MR) is 149 cm³/mol. The summed E-state index contributed by atoms with van der Waals surface area (Å²) in [6, 6.07) is 22.9. The second-order valence-corrected chi connectivity index (χ2v) is 9.13. The number of para-hydroxylation sites is 2. The van der Waals surface area contributed by atoms with Gasteiger partial charge in [-0.25, -0.2) is 10.4 Å². The van der Waals surface area contributed by atoms with E-state index in [2.05, 4.69) is 29.3 Å². The third kappa shape index (κ3) is 5.66. The van der Waals surface area contributed by atoms with Gasteiger partial charge in [0.2, 0.25) is 0 Å². The van der Waals surface area contributed by atoms with E-state index in [0.717, 1.165) is 35.6 Å². The highest BCUT2D eigenvalue weighted by atomic mass is 32.2. The zero-order valence-electron chi connectivity index (χ0n) is 20.6. The number of hydrogen-bond donors (Lipinski definition) is 1. The van der Waals surface area contributed by atoms with Crippen molar-refractivity contribution in [2.45, 2.75) is 25.9 Å². The summed E-state index contributed by atoms with van der Waals surface area (Å²) in [4.78, 5) is 32.8. The molecule has 184 valence electrons. The predicted octanol–water partition coefficient (Wildman–Crippen LogP) is 4.78. The van der Waals surface area contributed by atoms with Crippen molar-refractivity contribution in [1.82, 2.24) is 15.0 Å². The van der Waals surface area contributed by atoms with Crippen LogP contribution in [0.2, 0.25) is 0 Å². The minimum Gasteiger partial charge on any atom is -0.372 e. The summed E-state index contributed by atoms with van der Waals surface area (Å²) in [7, 11) is 0. The quantitative estimate of drug-likeness (QED) is 0.155. The van der Waals surface area contributed by atoms with Gasteiger partial charge in [0.05, 0.1) is 28.6 Å². The number of aromatic nitrogens is 2. The first-order valence-electron chi connectivity index (χ1n) is 11.9. The lowest BCUT2D eigenvalue weighted by molar-refractivity contribution is -0.118. The Bertz CT molecular complexity index is 1440. The van der Waals surface area contributed by atoms with Gasteiger partial charge in [0.1, 0.15) is 0 Å². The van der Waals surface area contributed by atoms with Gasteiger partial charge in [-0.05, 0) is 62.2 Å². The maximum atomic E-state index is 13.4. The van der Waals surface area contributed by atoms with Gasteiger partial charge in [-0.3, -0.25) is 14.2 Å². The smallest absolute Gasteiger partial charge is 0.266 e. The van der Waals surface area contributed by atoms with E-state index < -0.39 is 0 Å². The van der Waals surface area contributed by atoms with Crippen molar-refractivity contribution in [2.24, 2.45) is 5.10 Å². The van der Waals surface area contributed by atoms with E-state index in [9.17, 15) is 9.59 Å². The zero-order valence-corrected chi connectivity index (χ0v) is 21.5. The molecule has 0 spiro atoms. The van der Waals surface area contributed by atoms with Crippen LogP contribution in [-0.2, 0) is 4.79 Å². The summed E-state index contributed by atoms with van der Waals surface area (Å²) in [5, 5.41) is 5.08. The lowest BCUT2D eigenvalue weighted by atomic mass is 10.2. The summed E-state index contributed by atoms with van der Waals surface area (Å²) in [5.74, 6) is -0.218. The number of thioether (sulfide) groups is 1. The van der Waals surface area contributed by atoms with Crippen LogP contribution in [0.5, 0.6) is 0 Å². The number of rotatable bonds is 9. The van der Waals surface area contributed by atoms with E-state index in [-0.39, 0.29) is 17.2 Å². The normalized spacial score (nSPS) is 11.2. The summed E-state index contributed by atoms with van der Waals surface area (Å²) >= 11 is 1.20. The Labute approximate surface area is 214 Å². The van der Waals surface area contributed by atoms with Crippen molar-refractivity contribution in [3.63, 3.8) is 0 Å². The summed E-state index contributed by atoms with van der Waals surface area (Å²) in [6.45, 7) is 8.09. The number of amides is 1. The molecule has 0 aliphatic rings. The molecular formula is C28H29N5O2S. The Hall–Kier alpha value is -3.91. The molecule has 1 N–H and O–H groups in total. The van der Waals surface area contributed by atoms with Crippen molar-refractivity contribution in [3.05, 3.63) is 94.3 Å². The number of nitrogens with one attached hydrogen (secondary N) is 1. The lowest BCUT2D eigenvalue weighted by Crippen LogP contribution is -2.24. The molecule has 0 aliphatic heterocycles. The number of nitrogens with zero attached hydrogens (tertiary/aromatic N) is 4. The van der Waals surface area contributed by atoms with Crippen LogP contribution >= 0.6 is 11.8 Å². The van der Waals surface area contributed by atoms with Crippen LogP contribution < -0.4 is 15.9 Å². The van der Waals surface area contributed by atoms with E-state index in [4.69, 9.17) is 4.98 Å². The third-order valence-corrected chi connectivity index (χ3v) is 6.80. The first-order valence-corrected chi connectivity index (χ1v) is 12.9. The number of aryl methyl sites for hydroxylation is 1. The molecule has 7 nitrogen and oxygen atoms in total. The second-order valence-electron chi connectivity index (χ2n) is 8.18. The molecule has 0 atom stereocenters. The van der Waals surface area contributed by atoms with Gasteiger partial charge >= 0.3 is 0 Å². The maximum absolute atomic E-state index is 13.4. The molecule has 0 saturated carbocycles. The van der Waals surface area contributed by atoms with E-state index in [1.54, 1.807) is 22.9 Å². The fourth-order valence-corrected chi connectivity index (χ4v) is 4.74. The Morgan fingerprint density at radius 2 is 1.72 bits per heavy atom. The van der Waals surface area contributed by atoms with Crippen molar-refractivity contribution in [1.29, 1.82) is 0 Å². The summed E-state index contributed by atoms with van der Waals surface area (Å²) < 4.78 is 1.58. The van der Waals surface area contributed by atoms with E-state index in [1.165, 1.54) is 11.8 Å². The molecule has 1 amide bonds. The standard InChI is InChI=1S/C28H29N5O2S/c1-4-32(5-2)22-16-14-21(15-17-22)18-29-31-26(34)19-36-28-30-24-12-8-7-11-23(24)27(35)33(28)25-13-9-6-10-20(25)3/h6-18H,4-5,19H2,1-3H3,(H,31,34). The number of anilines is 1. The van der Waals surface area contributed by atoms with Gasteiger partial charge < -0.3 is 4.90 Å². The minimum absolute atomic E-state index is 0.0644. The van der Waals surface area contributed by atoms with Crippen LogP contribution in [0.15, 0.2) is 87.8 Å². The zero-order chi connectivity index (χ0) is 25.5. The fraction of sp³-hybridized carbons (Fsp3) is 0.214. The molecule has 0 radical (unpaired) electrons. The Morgan fingerprint density at radius 3 is 2.44 bits per heavy atom. The first kappa shape index (κ1) is 25.2. The van der Waals surface area contributed by atoms with Crippen LogP contribution in [-0.4, -0.2) is 40.5 Å². The van der Waals surface area contributed by atoms with Gasteiger partial charge in [-0.1, -0.05) is 54.2 Å². The molecule has 0 aliphatic carbocycles. The summed E-state index contributed by atoms with van der Waals surface area (Å²) in [6.07, 6.45) is 1.62. The molecule has 0 fully saturated rings. The molecule has 4 rings (SSSR count). The third-order valence-electron chi connectivity index (χ3n) is 5.86. The minimum atomic E-state index is -0.283. The van der Waals surface area contributed by atoms with Gasteiger partial charge in [-0.15, -0.1) is 0 Å². The Balaban J connectivity index is 1.48. The molecule has 0 saturated heterocycles. The van der Waals surface area contributed by atoms with E-state index in [0.29, 0.717) is 16.1 Å². The molecule has 1 aromatic heterocycles. The number of carbonyl (C=O) groups is 1. The van der Waals surface area contributed by atoms with Gasteiger partial charge in [0.25, 0.3) is 11.5 Å². The highest BCUT2D eigenvalue weighted by molar-refractivity contribution is 7.99. The molecule has 0 bridgehead atoms. The number of hydrogen-bond acceptors (Lipinski definition) is 6. The molecule has 1 heterocycles. The second kappa shape index (κ2) is 11.7. The maximum Gasteiger partial charge on any atom is 0.266 e. The SMILES string of the molecule is CCN(CC)c1ccc(C=NNC(=O)CSc2nc3ccccc3c(=O)n2-c2ccccc2C)cc1. The number of fused-ring (bicyclic) bond motifs is 1. The van der Waals surface area contributed by atoms with Crippen LogP contribution in [0.25, 0.3) is 16.6 Å². The van der Waals surface area contributed by atoms with Crippen LogP contribution in [0, 0.1) is 6.92 Å². The van der Waals surface area contributed by atoms with Crippen molar-refractivity contribution in [2.75, 3.05) is 23.7 Å². The Morgan fingerprint density at radius 1 is 1.03 bits per heavy atom. The molecule has 36 heavy (non-hydrogen) atoms. The highest BCUT2D eigenvalue weighted by Gasteiger charge is 2.15. The van der Waals surface area contributed by atoms with Gasteiger partial charge in [0, 0.05) is 18.8 Å². The average molecular weight is 500 g/mol. The highest BCUT2D eigenvalue weighted by Crippen LogP contribution is 2.23. The van der Waals surface area contributed by atoms with Crippen LogP contribution in [0.4, 0.5) is 5.69 Å². The molecular weight excluding hydrogens is 470 g/mol. The number of hydrazone groups is 1. The number of carbonyl (C=O) groups excluding carboxylic acids is 1. The molecule has 3 aromatic carbocycles. The number of benzene rings is 3. The van der Waals surface area contributed by atoms with Crippen molar-refractivity contribution < 1.29 is 4.79 Å². The Kier molecular flexibility index (Phi) is 8.17. The van der Waals surface area contributed by atoms with Crippen LogP contribution in [0.3, 0.4) is 0 Å². The molecule has 8 heteroatoms. The lowest BCUT2D eigenvalue weighted by Gasteiger charge is -2.20. The summed E-state index contributed by atoms with van der Waals surface area (Å²) in [5.41, 5.74) is 6.74. The van der Waals surface area contributed by atoms with Gasteiger partial charge in [-0.2, -0.15) is 5.10 Å². The molecule has 0 unspecified atom stereocenters. The van der Waals surface area contributed by atoms with E-state index >= 15 is 0 Å². The van der Waals surface area contributed by atoms with Crippen molar-refractivity contribution >= 4 is 40.5 Å². The van der Waals surface area contributed by atoms with Crippen molar-refractivity contribution in [3.8, 4) is 5.69 Å². The van der Waals surface area contributed by atoms with Gasteiger partial charge in [0.15, 0.2) is 5.16 Å². The van der Waals surface area contributed by atoms with E-state index in [1.807, 2.05) is 67.6 Å². The molecule has 4 aromatic rings. The topological polar surface area (TPSA) is 79.6 Å². The largest absolute Gasteiger partial charge is 0.372 e. The first-order chi connectivity index (χ1) is 17.5. The fourth-order valence-electron chi connectivity index (χ4n) is 3.94. The average Bonchev–Trinajstić information content (AvgIpc) is 2.90. The van der Waals surface area contributed by atoms with Crippen LogP contribution in [0.1, 0.15) is 25.0 Å².